The van der Waals surface area contributed by atoms with Gasteiger partial charge in [-0.15, -0.1) is 0 Å². The van der Waals surface area contributed by atoms with Gasteiger partial charge in [-0.1, -0.05) is 37.3 Å². The van der Waals surface area contributed by atoms with E-state index < -0.39 is 0 Å². The zero-order chi connectivity index (χ0) is 14.0. The van der Waals surface area contributed by atoms with Crippen molar-refractivity contribution in [2.45, 2.75) is 51.1 Å². The molecule has 1 aromatic carbocycles. The van der Waals surface area contributed by atoms with E-state index in [1.165, 1.54) is 50.9 Å². The molecule has 2 atom stereocenters. The van der Waals surface area contributed by atoms with Gasteiger partial charge in [-0.2, -0.15) is 0 Å². The number of benzene rings is 1. The summed E-state index contributed by atoms with van der Waals surface area (Å²) in [6.07, 6.45) is 5.27. The van der Waals surface area contributed by atoms with Gasteiger partial charge < -0.3 is 5.32 Å². The molecule has 110 valence electrons. The van der Waals surface area contributed by atoms with E-state index in [1.54, 1.807) is 0 Å². The highest BCUT2D eigenvalue weighted by atomic mass is 15.3. The fraction of sp³-hybridized carbons (Fsp3) is 0.667. The van der Waals surface area contributed by atoms with Gasteiger partial charge in [0, 0.05) is 31.2 Å². The molecule has 0 amide bonds. The molecule has 1 aliphatic carbocycles. The van der Waals surface area contributed by atoms with Gasteiger partial charge in [0.2, 0.25) is 0 Å². The molecule has 1 heterocycles. The van der Waals surface area contributed by atoms with Crippen molar-refractivity contribution in [2.24, 2.45) is 5.92 Å². The molecule has 1 N–H and O–H groups in total. The van der Waals surface area contributed by atoms with Crippen molar-refractivity contribution < 1.29 is 0 Å². The third-order valence-corrected chi connectivity index (χ3v) is 5.37. The molecule has 1 saturated carbocycles. The van der Waals surface area contributed by atoms with Gasteiger partial charge >= 0.3 is 0 Å². The third-order valence-electron chi connectivity index (χ3n) is 5.37. The van der Waals surface area contributed by atoms with E-state index >= 15 is 0 Å². The second-order valence-electron chi connectivity index (χ2n) is 6.80. The van der Waals surface area contributed by atoms with E-state index in [9.17, 15) is 0 Å². The van der Waals surface area contributed by atoms with Crippen LogP contribution in [0.1, 0.15) is 38.7 Å². The second-order valence-corrected chi connectivity index (χ2v) is 6.80. The van der Waals surface area contributed by atoms with Gasteiger partial charge in [0.1, 0.15) is 0 Å². The Morgan fingerprint density at radius 2 is 2.00 bits per heavy atom. The van der Waals surface area contributed by atoms with Gasteiger partial charge in [0.25, 0.3) is 0 Å². The lowest BCUT2D eigenvalue weighted by molar-refractivity contribution is 0.0352. The summed E-state index contributed by atoms with van der Waals surface area (Å²) in [6, 6.07) is 11.6. The zero-order valence-corrected chi connectivity index (χ0v) is 12.9. The molecule has 3 rings (SSSR count). The molecule has 1 aliphatic heterocycles. The van der Waals surface area contributed by atoms with Crippen LogP contribution in [-0.2, 0) is 6.42 Å². The van der Waals surface area contributed by atoms with Crippen LogP contribution in [0.5, 0.6) is 0 Å². The largest absolute Gasteiger partial charge is 0.311 e. The fourth-order valence-corrected chi connectivity index (χ4v) is 3.64. The summed E-state index contributed by atoms with van der Waals surface area (Å²) >= 11 is 0. The smallest absolute Gasteiger partial charge is 0.0334 e. The van der Waals surface area contributed by atoms with Crippen molar-refractivity contribution in [3.8, 4) is 0 Å². The predicted octanol–water partition coefficient (Wildman–Crippen LogP) is 3.08. The van der Waals surface area contributed by atoms with Crippen LogP contribution in [0.4, 0.5) is 0 Å². The number of nitrogens with one attached hydrogen (secondary N) is 1. The molecule has 2 nitrogen and oxygen atoms in total. The second kappa shape index (κ2) is 5.87. The maximum absolute atomic E-state index is 3.77. The molecule has 2 fully saturated rings. The number of hydrogen-bond donors (Lipinski definition) is 1. The Hall–Kier alpha value is -0.860. The molecule has 2 heteroatoms. The first kappa shape index (κ1) is 14.1. The van der Waals surface area contributed by atoms with Crippen molar-refractivity contribution in [3.05, 3.63) is 35.9 Å². The third kappa shape index (κ3) is 2.91. The van der Waals surface area contributed by atoms with E-state index in [2.05, 4.69) is 54.4 Å². The summed E-state index contributed by atoms with van der Waals surface area (Å²) in [5.41, 5.74) is 1.86. The van der Waals surface area contributed by atoms with Crippen molar-refractivity contribution in [3.63, 3.8) is 0 Å². The lowest BCUT2D eigenvalue weighted by Gasteiger charge is -2.49. The van der Waals surface area contributed by atoms with Crippen LogP contribution in [0.2, 0.25) is 0 Å². The van der Waals surface area contributed by atoms with Crippen LogP contribution in [0.25, 0.3) is 0 Å². The Bertz CT molecular complexity index is 426. The first-order valence-electron chi connectivity index (χ1n) is 8.24. The lowest BCUT2D eigenvalue weighted by atomic mass is 9.88. The normalized spacial score (nSPS) is 31.4. The molecular formula is C18H28N2. The minimum absolute atomic E-state index is 0.389. The van der Waals surface area contributed by atoms with Crippen LogP contribution >= 0.6 is 0 Å². The van der Waals surface area contributed by atoms with Crippen molar-refractivity contribution in [2.75, 3.05) is 19.6 Å². The predicted molar refractivity (Wildman–Crippen MR) is 84.9 cm³/mol. The van der Waals surface area contributed by atoms with E-state index in [0.717, 1.165) is 5.92 Å². The van der Waals surface area contributed by atoms with Crippen LogP contribution in [0, 0.1) is 5.92 Å². The minimum Gasteiger partial charge on any atom is -0.311 e. The van der Waals surface area contributed by atoms with E-state index in [0.29, 0.717) is 11.6 Å². The van der Waals surface area contributed by atoms with Gasteiger partial charge in [-0.25, -0.2) is 0 Å². The average molecular weight is 272 g/mol. The average Bonchev–Trinajstić information content (AvgIpc) is 3.32. The van der Waals surface area contributed by atoms with Gasteiger partial charge in [-0.3, -0.25) is 4.90 Å². The molecule has 0 aromatic heterocycles. The Morgan fingerprint density at radius 3 is 2.65 bits per heavy atom. The molecule has 1 aromatic rings. The monoisotopic (exact) mass is 272 g/mol. The highest BCUT2D eigenvalue weighted by molar-refractivity contribution is 5.15. The quantitative estimate of drug-likeness (QED) is 0.886. The summed E-state index contributed by atoms with van der Waals surface area (Å²) < 4.78 is 0. The van der Waals surface area contributed by atoms with Crippen LogP contribution in [0.15, 0.2) is 30.3 Å². The van der Waals surface area contributed by atoms with E-state index in [1.807, 2.05) is 0 Å². The summed E-state index contributed by atoms with van der Waals surface area (Å²) in [5, 5.41) is 3.77. The van der Waals surface area contributed by atoms with Crippen molar-refractivity contribution >= 4 is 0 Å². The van der Waals surface area contributed by atoms with Crippen molar-refractivity contribution in [1.29, 1.82) is 0 Å². The maximum atomic E-state index is 3.77. The maximum Gasteiger partial charge on any atom is 0.0334 e. The Labute approximate surface area is 123 Å². The minimum atomic E-state index is 0.389. The fourth-order valence-electron chi connectivity index (χ4n) is 3.64. The molecule has 0 radical (unpaired) electrons. The molecular weight excluding hydrogens is 244 g/mol. The van der Waals surface area contributed by atoms with E-state index in [4.69, 9.17) is 0 Å². The molecule has 0 bridgehead atoms. The van der Waals surface area contributed by atoms with E-state index in [-0.39, 0.29) is 0 Å². The summed E-state index contributed by atoms with van der Waals surface area (Å²) in [7, 11) is 0. The number of piperazine rings is 1. The lowest BCUT2D eigenvalue weighted by Crippen LogP contribution is -2.64. The standard InChI is InChI=1S/C18H28N2/c1-3-17-13-20(12-11-15-7-5-4-6-8-15)18(2,14-19-17)16-9-10-16/h4-8,16-17,19H,3,9-14H2,1-2H3. The van der Waals surface area contributed by atoms with Gasteiger partial charge in [0.05, 0.1) is 0 Å². The first-order chi connectivity index (χ1) is 9.72. The van der Waals surface area contributed by atoms with Crippen LogP contribution in [-0.4, -0.2) is 36.1 Å². The highest BCUT2D eigenvalue weighted by Crippen LogP contribution is 2.44. The number of nitrogens with zero attached hydrogens (tertiary/aromatic N) is 1. The summed E-state index contributed by atoms with van der Waals surface area (Å²) in [5.74, 6) is 0.920. The Kier molecular flexibility index (Phi) is 4.13. The molecule has 1 saturated heterocycles. The highest BCUT2D eigenvalue weighted by Gasteiger charge is 2.47. The molecule has 20 heavy (non-hydrogen) atoms. The SMILES string of the molecule is CCC1CN(CCc2ccccc2)C(C)(C2CC2)CN1. The Balaban J connectivity index is 1.66. The topological polar surface area (TPSA) is 15.3 Å². The number of hydrogen-bond acceptors (Lipinski definition) is 2. The summed E-state index contributed by atoms with van der Waals surface area (Å²) in [6.45, 7) is 8.37. The molecule has 2 unspecified atom stereocenters. The first-order valence-corrected chi connectivity index (χ1v) is 8.24. The molecule has 2 aliphatic rings. The zero-order valence-electron chi connectivity index (χ0n) is 12.9. The van der Waals surface area contributed by atoms with Gasteiger partial charge in [0.15, 0.2) is 0 Å². The number of rotatable bonds is 5. The summed E-state index contributed by atoms with van der Waals surface area (Å²) in [4.78, 5) is 2.78. The van der Waals surface area contributed by atoms with Crippen LogP contribution in [0.3, 0.4) is 0 Å². The van der Waals surface area contributed by atoms with Crippen LogP contribution < -0.4 is 5.32 Å². The van der Waals surface area contributed by atoms with Gasteiger partial charge in [-0.05, 0) is 44.1 Å². The Morgan fingerprint density at radius 1 is 1.25 bits per heavy atom. The molecule has 0 spiro atoms. The van der Waals surface area contributed by atoms with Crippen molar-refractivity contribution in [1.82, 2.24) is 10.2 Å².